The van der Waals surface area contributed by atoms with Crippen LogP contribution in [0.25, 0.3) is 5.53 Å². The number of nitrogens with zero attached hydrogens (tertiary/aromatic N) is 2. The Hall–Kier alpha value is -1.47. The molecule has 0 unspecified atom stereocenters. The summed E-state index contributed by atoms with van der Waals surface area (Å²) in [5, 5.41) is 0. The molecule has 0 saturated carbocycles. The largest absolute Gasteiger partial charge is 0.361 e. The maximum absolute atomic E-state index is 11.2. The molecule has 0 aromatic rings. The van der Waals surface area contributed by atoms with Crippen LogP contribution in [0.2, 0.25) is 0 Å². The van der Waals surface area contributed by atoms with Gasteiger partial charge in [-0.05, 0) is 0 Å². The van der Waals surface area contributed by atoms with Crippen LogP contribution in [0.1, 0.15) is 0 Å². The molecular weight excluding hydrogens is 140 g/mol. The van der Waals surface area contributed by atoms with Crippen LogP contribution in [-0.2, 0) is 4.79 Å². The Morgan fingerprint density at radius 3 is 2.09 bits per heavy atom. The molecule has 0 radical (unpaired) electrons. The summed E-state index contributed by atoms with van der Waals surface area (Å²) in [6.45, 7) is 0. The Morgan fingerprint density at radius 1 is 1.18 bits per heavy atom. The van der Waals surface area contributed by atoms with Gasteiger partial charge in [0, 0.05) is 0 Å². The van der Waals surface area contributed by atoms with E-state index in [1.807, 2.05) is 24.3 Å². The molecule has 0 spiro atoms. The standard InChI is InChI=1S/C8H6N2O/c9-10-7-5-1-3-6(4-2-5)8(7)11/h1-6H. The number of allylic oxidation sites excluding steroid dienone is 4. The number of Topliss-reactive ketones (excluding diaryl/α,β-unsaturated/α-hetero) is 1. The van der Waals surface area contributed by atoms with Crippen molar-refractivity contribution in [3.05, 3.63) is 29.8 Å². The summed E-state index contributed by atoms with van der Waals surface area (Å²) >= 11 is 0. The van der Waals surface area contributed by atoms with Crippen LogP contribution < -0.4 is 0 Å². The highest BCUT2D eigenvalue weighted by Gasteiger charge is 2.38. The lowest BCUT2D eigenvalue weighted by molar-refractivity contribution is -0.119. The molecule has 3 aliphatic rings. The summed E-state index contributed by atoms with van der Waals surface area (Å²) in [7, 11) is 0. The van der Waals surface area contributed by atoms with Gasteiger partial charge in [-0.3, -0.25) is 4.79 Å². The van der Waals surface area contributed by atoms with Crippen LogP contribution in [0.5, 0.6) is 0 Å². The summed E-state index contributed by atoms with van der Waals surface area (Å²) in [5.74, 6) is -0.370. The van der Waals surface area contributed by atoms with E-state index < -0.39 is 0 Å². The van der Waals surface area contributed by atoms with Gasteiger partial charge in [0.1, 0.15) is 5.92 Å². The van der Waals surface area contributed by atoms with E-state index in [9.17, 15) is 4.79 Å². The molecule has 0 atom stereocenters. The molecule has 2 bridgehead atoms. The normalized spacial score (nSPS) is 32.7. The number of carbonyl (C=O) groups is 1. The molecule has 0 aromatic carbocycles. The average Bonchev–Trinajstić information content (AvgIpc) is 2.06. The second-order valence-electron chi connectivity index (χ2n) is 2.67. The Labute approximate surface area is 63.6 Å². The second-order valence-corrected chi connectivity index (χ2v) is 2.67. The second kappa shape index (κ2) is 2.01. The SMILES string of the molecule is [N-]=[N+]=C1C(=O)C2C=CC1C=C2. The third-order valence-corrected chi connectivity index (χ3v) is 2.03. The van der Waals surface area contributed by atoms with Crippen LogP contribution in [0.15, 0.2) is 24.3 Å². The van der Waals surface area contributed by atoms with Gasteiger partial charge in [-0.1, -0.05) is 24.3 Å². The highest BCUT2D eigenvalue weighted by atomic mass is 16.1. The number of rotatable bonds is 0. The van der Waals surface area contributed by atoms with E-state index >= 15 is 0 Å². The quantitative estimate of drug-likeness (QED) is 0.280. The van der Waals surface area contributed by atoms with Crippen molar-refractivity contribution >= 4 is 11.5 Å². The van der Waals surface area contributed by atoms with Crippen molar-refractivity contribution in [2.75, 3.05) is 0 Å². The molecule has 0 heterocycles. The molecule has 3 heteroatoms. The zero-order valence-corrected chi connectivity index (χ0v) is 5.77. The molecule has 3 aliphatic carbocycles. The van der Waals surface area contributed by atoms with Crippen LogP contribution in [-0.4, -0.2) is 16.3 Å². The number of hydrogen-bond acceptors (Lipinski definition) is 1. The highest BCUT2D eigenvalue weighted by molar-refractivity contribution is 6.42. The fourth-order valence-corrected chi connectivity index (χ4v) is 1.42. The maximum atomic E-state index is 11.2. The summed E-state index contributed by atoms with van der Waals surface area (Å²) in [4.78, 5) is 14.2. The van der Waals surface area contributed by atoms with Crippen LogP contribution in [0, 0.1) is 11.8 Å². The first kappa shape index (κ1) is 6.25. The number of carbonyl (C=O) groups excluding carboxylic acids is 1. The Balaban J connectivity index is 2.58. The average molecular weight is 146 g/mol. The number of hydrogen-bond donors (Lipinski definition) is 0. The van der Waals surface area contributed by atoms with E-state index in [4.69, 9.17) is 5.53 Å². The molecule has 0 saturated heterocycles. The van der Waals surface area contributed by atoms with Gasteiger partial charge in [0.2, 0.25) is 0 Å². The van der Waals surface area contributed by atoms with Crippen molar-refractivity contribution in [1.29, 1.82) is 0 Å². The van der Waals surface area contributed by atoms with Crippen molar-refractivity contribution in [2.45, 2.75) is 0 Å². The van der Waals surface area contributed by atoms with E-state index in [-0.39, 0.29) is 23.3 Å². The Morgan fingerprint density at radius 2 is 1.73 bits per heavy atom. The first-order chi connectivity index (χ1) is 5.33. The highest BCUT2D eigenvalue weighted by Crippen LogP contribution is 2.24. The molecular formula is C8H6N2O. The fourth-order valence-electron chi connectivity index (χ4n) is 1.42. The van der Waals surface area contributed by atoms with E-state index in [2.05, 4.69) is 4.79 Å². The van der Waals surface area contributed by atoms with Gasteiger partial charge in [-0.2, -0.15) is 4.79 Å². The molecule has 54 valence electrons. The molecule has 0 amide bonds. The maximum Gasteiger partial charge on any atom is 0.345 e. The van der Waals surface area contributed by atoms with Gasteiger partial charge < -0.3 is 5.53 Å². The lowest BCUT2D eigenvalue weighted by Crippen LogP contribution is -2.34. The van der Waals surface area contributed by atoms with Gasteiger partial charge in [-0.15, -0.1) is 0 Å². The fraction of sp³-hybridized carbons (Fsp3) is 0.250. The number of fused-ring (bicyclic) bond motifs is 1. The van der Waals surface area contributed by atoms with Gasteiger partial charge in [0.15, 0.2) is 0 Å². The van der Waals surface area contributed by atoms with Gasteiger partial charge >= 0.3 is 5.71 Å². The molecule has 0 aromatic heterocycles. The van der Waals surface area contributed by atoms with Gasteiger partial charge in [0.05, 0.1) is 5.92 Å². The lowest BCUT2D eigenvalue weighted by atomic mass is 9.79. The number of ketones is 1. The van der Waals surface area contributed by atoms with Crippen LogP contribution >= 0.6 is 0 Å². The summed E-state index contributed by atoms with van der Waals surface area (Å²) in [6, 6.07) is 0. The lowest BCUT2D eigenvalue weighted by Gasteiger charge is -2.18. The summed E-state index contributed by atoms with van der Waals surface area (Å²) in [5.41, 5.74) is 8.75. The van der Waals surface area contributed by atoms with E-state index in [0.29, 0.717) is 0 Å². The predicted octanol–water partition coefficient (Wildman–Crippen LogP) is 0.598. The van der Waals surface area contributed by atoms with Crippen molar-refractivity contribution in [2.24, 2.45) is 11.8 Å². The topological polar surface area (TPSA) is 53.5 Å². The minimum atomic E-state index is -0.189. The zero-order valence-electron chi connectivity index (χ0n) is 5.77. The molecule has 3 nitrogen and oxygen atoms in total. The first-order valence-electron chi connectivity index (χ1n) is 3.46. The van der Waals surface area contributed by atoms with E-state index in [0.717, 1.165) is 0 Å². The molecule has 0 fully saturated rings. The van der Waals surface area contributed by atoms with Crippen molar-refractivity contribution in [1.82, 2.24) is 0 Å². The molecule has 0 aliphatic heterocycles. The summed E-state index contributed by atoms with van der Waals surface area (Å²) in [6.07, 6.45) is 7.42. The monoisotopic (exact) mass is 146 g/mol. The third kappa shape index (κ3) is 0.717. The summed E-state index contributed by atoms with van der Waals surface area (Å²) < 4.78 is 0. The van der Waals surface area contributed by atoms with Crippen molar-refractivity contribution < 1.29 is 9.58 Å². The zero-order chi connectivity index (χ0) is 7.84. The molecule has 11 heavy (non-hydrogen) atoms. The van der Waals surface area contributed by atoms with Crippen molar-refractivity contribution in [3.8, 4) is 0 Å². The van der Waals surface area contributed by atoms with Crippen LogP contribution in [0.4, 0.5) is 0 Å². The minimum Gasteiger partial charge on any atom is -0.361 e. The van der Waals surface area contributed by atoms with Gasteiger partial charge in [0.25, 0.3) is 5.78 Å². The molecule has 0 N–H and O–H groups in total. The third-order valence-electron chi connectivity index (χ3n) is 2.03. The van der Waals surface area contributed by atoms with Gasteiger partial charge in [-0.25, -0.2) is 0 Å². The smallest absolute Gasteiger partial charge is 0.345 e. The van der Waals surface area contributed by atoms with E-state index in [1.165, 1.54) is 0 Å². The minimum absolute atomic E-state index is 0.0810. The predicted molar refractivity (Wildman–Crippen MR) is 38.9 cm³/mol. The van der Waals surface area contributed by atoms with Crippen molar-refractivity contribution in [3.63, 3.8) is 0 Å². The molecule has 3 rings (SSSR count). The first-order valence-corrected chi connectivity index (χ1v) is 3.46. The Kier molecular flexibility index (Phi) is 1.14. The van der Waals surface area contributed by atoms with E-state index in [1.54, 1.807) is 0 Å². The Bertz CT molecular complexity index is 307. The van der Waals surface area contributed by atoms with Crippen LogP contribution in [0.3, 0.4) is 0 Å².